The van der Waals surface area contributed by atoms with Gasteiger partial charge < -0.3 is 4.74 Å². The highest BCUT2D eigenvalue weighted by Gasteiger charge is 2.30. The van der Waals surface area contributed by atoms with Crippen LogP contribution in [0.4, 0.5) is 13.2 Å². The molecule has 20 heavy (non-hydrogen) atoms. The van der Waals surface area contributed by atoms with E-state index in [4.69, 9.17) is 4.74 Å². The lowest BCUT2D eigenvalue weighted by Gasteiger charge is -2.33. The Morgan fingerprint density at radius 1 is 1.35 bits per heavy atom. The van der Waals surface area contributed by atoms with Gasteiger partial charge in [0.1, 0.15) is 5.44 Å². The predicted octanol–water partition coefficient (Wildman–Crippen LogP) is 4.98. The van der Waals surface area contributed by atoms with E-state index >= 15 is 0 Å². The van der Waals surface area contributed by atoms with E-state index in [0.29, 0.717) is 12.2 Å². The van der Waals surface area contributed by atoms with Crippen molar-refractivity contribution in [2.75, 3.05) is 6.61 Å². The van der Waals surface area contributed by atoms with E-state index in [1.807, 2.05) is 6.08 Å². The van der Waals surface area contributed by atoms with Gasteiger partial charge in [0.05, 0.1) is 5.56 Å². The molecule has 0 N–H and O–H groups in total. The summed E-state index contributed by atoms with van der Waals surface area (Å²) in [5.74, 6) is 0. The molecule has 2 rings (SSSR count). The lowest BCUT2D eigenvalue weighted by Crippen LogP contribution is -2.28. The zero-order chi connectivity index (χ0) is 14.8. The second-order valence-corrected chi connectivity index (χ2v) is 7.15. The molecule has 0 aliphatic carbocycles. The fraction of sp³-hybridized carbons (Fsp3) is 0.467. The van der Waals surface area contributed by atoms with Crippen LogP contribution in [0.1, 0.15) is 31.4 Å². The van der Waals surface area contributed by atoms with Crippen molar-refractivity contribution in [3.8, 4) is 0 Å². The van der Waals surface area contributed by atoms with Gasteiger partial charge in [-0.05, 0) is 30.2 Å². The lowest BCUT2D eigenvalue weighted by molar-refractivity contribution is -0.137. The number of hydrogen-bond donors (Lipinski definition) is 0. The maximum absolute atomic E-state index is 12.6. The first-order chi connectivity index (χ1) is 9.26. The molecule has 110 valence electrons. The summed E-state index contributed by atoms with van der Waals surface area (Å²) in [7, 11) is 0. The largest absolute Gasteiger partial charge is 0.416 e. The zero-order valence-electron chi connectivity index (χ0n) is 11.4. The normalized spacial score (nSPS) is 23.1. The molecule has 1 saturated heterocycles. The third kappa shape index (κ3) is 4.28. The predicted molar refractivity (Wildman–Crippen MR) is 76.5 cm³/mol. The Morgan fingerprint density at radius 2 is 2.10 bits per heavy atom. The van der Waals surface area contributed by atoms with E-state index in [1.165, 1.54) is 6.07 Å². The van der Waals surface area contributed by atoms with Crippen LogP contribution in [0.3, 0.4) is 0 Å². The number of rotatable bonds is 2. The molecule has 0 radical (unpaired) electrons. The van der Waals surface area contributed by atoms with Crippen molar-refractivity contribution >= 4 is 17.8 Å². The van der Waals surface area contributed by atoms with Gasteiger partial charge in [0, 0.05) is 11.4 Å². The van der Waals surface area contributed by atoms with Crippen molar-refractivity contribution in [1.29, 1.82) is 0 Å². The molecule has 1 aliphatic rings. The van der Waals surface area contributed by atoms with Crippen molar-refractivity contribution in [3.63, 3.8) is 0 Å². The molecular formula is C15H17F3OS. The molecule has 0 aromatic heterocycles. The molecule has 1 fully saturated rings. The molecule has 5 heteroatoms. The first-order valence-corrected chi connectivity index (χ1v) is 7.29. The Kier molecular flexibility index (Phi) is 4.49. The van der Waals surface area contributed by atoms with Crippen molar-refractivity contribution in [1.82, 2.24) is 0 Å². The number of thioether (sulfide) groups is 1. The maximum Gasteiger partial charge on any atom is 0.416 e. The number of halogens is 3. The van der Waals surface area contributed by atoms with Gasteiger partial charge in [0.25, 0.3) is 0 Å². The Balaban J connectivity index is 2.08. The summed E-state index contributed by atoms with van der Waals surface area (Å²) in [4.78, 5) is 0. The molecule has 0 bridgehead atoms. The van der Waals surface area contributed by atoms with Crippen molar-refractivity contribution in [2.45, 2.75) is 36.6 Å². The van der Waals surface area contributed by atoms with Gasteiger partial charge >= 0.3 is 6.18 Å². The van der Waals surface area contributed by atoms with Crippen LogP contribution in [0.15, 0.2) is 30.3 Å². The summed E-state index contributed by atoms with van der Waals surface area (Å²) in [6, 6.07) is 5.30. The summed E-state index contributed by atoms with van der Waals surface area (Å²) in [5.41, 5.74) is -0.196. The monoisotopic (exact) mass is 302 g/mol. The summed E-state index contributed by atoms with van der Waals surface area (Å²) in [5, 5.41) is 0. The van der Waals surface area contributed by atoms with Crippen LogP contribution in [0, 0.1) is 0 Å². The van der Waals surface area contributed by atoms with Gasteiger partial charge in [0.2, 0.25) is 0 Å². The Bertz CT molecular complexity index is 494. The summed E-state index contributed by atoms with van der Waals surface area (Å²) >= 11 is 1.69. The molecule has 1 nitrogen and oxygen atoms in total. The van der Waals surface area contributed by atoms with Gasteiger partial charge in [-0.1, -0.05) is 32.1 Å². The van der Waals surface area contributed by atoms with Crippen molar-refractivity contribution < 1.29 is 17.9 Å². The van der Waals surface area contributed by atoms with E-state index in [0.717, 1.165) is 18.6 Å². The lowest BCUT2D eigenvalue weighted by atomic mass is 10.1. The average Bonchev–Trinajstić information content (AvgIpc) is 2.35. The smallest absolute Gasteiger partial charge is 0.363 e. The molecule has 1 atom stereocenters. The highest BCUT2D eigenvalue weighted by Crippen LogP contribution is 2.37. The minimum Gasteiger partial charge on any atom is -0.363 e. The molecule has 1 aliphatic heterocycles. The van der Waals surface area contributed by atoms with E-state index in [2.05, 4.69) is 13.8 Å². The van der Waals surface area contributed by atoms with Gasteiger partial charge in [0.15, 0.2) is 0 Å². The third-order valence-corrected chi connectivity index (χ3v) is 4.45. The van der Waals surface area contributed by atoms with Crippen molar-refractivity contribution in [2.24, 2.45) is 0 Å². The maximum atomic E-state index is 12.6. The second kappa shape index (κ2) is 5.82. The van der Waals surface area contributed by atoms with Gasteiger partial charge in [-0.2, -0.15) is 13.2 Å². The topological polar surface area (TPSA) is 9.23 Å². The fourth-order valence-electron chi connectivity index (χ4n) is 1.93. The number of ether oxygens (including phenoxy) is 1. The minimum absolute atomic E-state index is 0.103. The summed E-state index contributed by atoms with van der Waals surface area (Å²) in [6.07, 6.45) is 0.183. The van der Waals surface area contributed by atoms with E-state index in [-0.39, 0.29) is 10.2 Å². The first-order valence-electron chi connectivity index (χ1n) is 6.41. The molecule has 1 heterocycles. The second-order valence-electron chi connectivity index (χ2n) is 5.35. The SMILES string of the molecule is CC1(C)CCOC(/C=C/c2cccc(C(F)(F)F)c2)S1. The van der Waals surface area contributed by atoms with Crippen molar-refractivity contribution in [3.05, 3.63) is 41.5 Å². The van der Waals surface area contributed by atoms with Gasteiger partial charge in [-0.15, -0.1) is 11.8 Å². The Labute approximate surface area is 121 Å². The Hall–Kier alpha value is -0.940. The van der Waals surface area contributed by atoms with E-state index in [9.17, 15) is 13.2 Å². The molecule has 0 spiro atoms. The first kappa shape index (κ1) is 15.4. The van der Waals surface area contributed by atoms with E-state index in [1.54, 1.807) is 23.9 Å². The van der Waals surface area contributed by atoms with Crippen LogP contribution in [0.25, 0.3) is 6.08 Å². The molecule has 1 aromatic carbocycles. The van der Waals surface area contributed by atoms with Crippen LogP contribution in [0.2, 0.25) is 0 Å². The molecule has 1 aromatic rings. The Morgan fingerprint density at radius 3 is 2.75 bits per heavy atom. The highest BCUT2D eigenvalue weighted by molar-refractivity contribution is 8.01. The average molecular weight is 302 g/mol. The van der Waals surface area contributed by atoms with Crippen LogP contribution in [-0.2, 0) is 10.9 Å². The van der Waals surface area contributed by atoms with Crippen LogP contribution in [0.5, 0.6) is 0 Å². The van der Waals surface area contributed by atoms with Gasteiger partial charge in [-0.25, -0.2) is 0 Å². The number of benzene rings is 1. The summed E-state index contributed by atoms with van der Waals surface area (Å²) < 4.78 is 43.6. The highest BCUT2D eigenvalue weighted by atomic mass is 32.2. The molecule has 0 amide bonds. The third-order valence-electron chi connectivity index (χ3n) is 3.08. The number of alkyl halides is 3. The minimum atomic E-state index is -4.30. The fourth-order valence-corrected chi connectivity index (χ4v) is 3.08. The van der Waals surface area contributed by atoms with E-state index < -0.39 is 11.7 Å². The van der Waals surface area contributed by atoms with Crippen LogP contribution >= 0.6 is 11.8 Å². The number of hydrogen-bond acceptors (Lipinski definition) is 2. The van der Waals surface area contributed by atoms with Crippen LogP contribution < -0.4 is 0 Å². The zero-order valence-corrected chi connectivity index (χ0v) is 12.2. The van der Waals surface area contributed by atoms with Gasteiger partial charge in [-0.3, -0.25) is 0 Å². The van der Waals surface area contributed by atoms with Crippen LogP contribution in [-0.4, -0.2) is 16.8 Å². The summed E-state index contributed by atoms with van der Waals surface area (Å²) in [6.45, 7) is 4.97. The molecular weight excluding hydrogens is 285 g/mol. The standard InChI is InChI=1S/C15H17F3OS/c1-14(2)8-9-19-13(20-14)7-6-11-4-3-5-12(10-11)15(16,17)18/h3-7,10,13H,8-9H2,1-2H3/b7-6+. The molecule has 0 saturated carbocycles. The quantitative estimate of drug-likeness (QED) is 0.762. The molecule has 1 unspecified atom stereocenters.